The van der Waals surface area contributed by atoms with Crippen LogP contribution in [0, 0.1) is 5.92 Å². The van der Waals surface area contributed by atoms with E-state index in [0.29, 0.717) is 0 Å². The molecule has 0 amide bonds. The molecule has 0 saturated heterocycles. The predicted octanol–water partition coefficient (Wildman–Crippen LogP) is 5.94. The molecule has 0 aliphatic heterocycles. The number of ether oxygens (including phenoxy) is 1. The van der Waals surface area contributed by atoms with Gasteiger partial charge in [-0.25, -0.2) is 0 Å². The van der Waals surface area contributed by atoms with Gasteiger partial charge in [-0.15, -0.1) is 0 Å². The zero-order chi connectivity index (χ0) is 14.7. The van der Waals surface area contributed by atoms with E-state index in [-0.39, 0.29) is 5.60 Å². The van der Waals surface area contributed by atoms with E-state index in [1.807, 2.05) is 0 Å². The third kappa shape index (κ3) is 11.7. The number of alkyl halides is 1. The maximum absolute atomic E-state index is 5.73. The van der Waals surface area contributed by atoms with Gasteiger partial charge in [0.2, 0.25) is 0 Å². The predicted molar refractivity (Wildman–Crippen MR) is 95.1 cm³/mol. The van der Waals surface area contributed by atoms with Crippen molar-refractivity contribution in [3.8, 4) is 0 Å². The first-order chi connectivity index (χ1) is 8.91. The van der Waals surface area contributed by atoms with Gasteiger partial charge in [-0.3, -0.25) is 0 Å². The molecule has 0 fully saturated rings. The summed E-state index contributed by atoms with van der Waals surface area (Å²) in [5.41, 5.74) is 1.42. The first kappa shape index (κ1) is 19.2. The number of rotatable bonds is 10. The van der Waals surface area contributed by atoms with Crippen LogP contribution in [0.2, 0.25) is 0 Å². The molecule has 0 aliphatic carbocycles. The highest BCUT2D eigenvalue weighted by Gasteiger charge is 2.17. The highest BCUT2D eigenvalue weighted by Crippen LogP contribution is 2.21. The molecule has 0 N–H and O–H groups in total. The lowest BCUT2D eigenvalue weighted by atomic mass is 9.95. The molecule has 0 aromatic rings. The fourth-order valence-electron chi connectivity index (χ4n) is 2.13. The Morgan fingerprint density at radius 2 is 2.05 bits per heavy atom. The van der Waals surface area contributed by atoms with Crippen LogP contribution in [0.25, 0.3) is 0 Å². The number of allylic oxidation sites excluding steroid dienone is 4. The Morgan fingerprint density at radius 3 is 2.63 bits per heavy atom. The summed E-state index contributed by atoms with van der Waals surface area (Å²) in [4.78, 5) is 0. The largest absolute Gasteiger partial charge is 0.376 e. The van der Waals surface area contributed by atoms with Crippen molar-refractivity contribution < 1.29 is 4.74 Å². The molecule has 19 heavy (non-hydrogen) atoms. The fraction of sp³-hybridized carbons (Fsp3) is 0.765. The molecule has 0 radical (unpaired) electrons. The average Bonchev–Trinajstić information content (AvgIpc) is 2.28. The Labute approximate surface area is 134 Å². The smallest absolute Gasteiger partial charge is 0.0626 e. The van der Waals surface area contributed by atoms with Crippen LogP contribution in [-0.2, 0) is 4.74 Å². The van der Waals surface area contributed by atoms with E-state index in [9.17, 15) is 0 Å². The highest BCUT2D eigenvalue weighted by molar-refractivity contribution is 14.1. The maximum atomic E-state index is 5.73. The molecule has 0 aliphatic rings. The van der Waals surface area contributed by atoms with Crippen LogP contribution in [0.1, 0.15) is 60.3 Å². The quantitative estimate of drug-likeness (QED) is 0.260. The normalized spacial score (nSPS) is 15.2. The summed E-state index contributed by atoms with van der Waals surface area (Å²) < 4.78 is 6.82. The van der Waals surface area contributed by atoms with E-state index in [0.717, 1.165) is 23.4 Å². The van der Waals surface area contributed by atoms with E-state index < -0.39 is 0 Å². The van der Waals surface area contributed by atoms with Crippen molar-refractivity contribution in [1.82, 2.24) is 0 Å². The Kier molecular flexibility index (Phi) is 11.0. The minimum atomic E-state index is 0.0456. The van der Waals surface area contributed by atoms with E-state index in [4.69, 9.17) is 4.74 Å². The Hall–Kier alpha value is 0.170. The minimum Gasteiger partial charge on any atom is -0.376 e. The van der Waals surface area contributed by atoms with Gasteiger partial charge in [0.25, 0.3) is 0 Å². The first-order valence-corrected chi connectivity index (χ1v) is 8.97. The Balaban J connectivity index is 3.82. The lowest BCUT2D eigenvalue weighted by molar-refractivity contribution is -0.0182. The van der Waals surface area contributed by atoms with Crippen LogP contribution in [0.3, 0.4) is 0 Å². The summed E-state index contributed by atoms with van der Waals surface area (Å²) in [6.45, 7) is 11.8. The lowest BCUT2D eigenvalue weighted by Crippen LogP contribution is -2.24. The topological polar surface area (TPSA) is 9.23 Å². The van der Waals surface area contributed by atoms with Crippen molar-refractivity contribution in [3.63, 3.8) is 0 Å². The molecular formula is C17H31IO. The molecule has 0 aromatic heterocycles. The van der Waals surface area contributed by atoms with Crippen LogP contribution < -0.4 is 0 Å². The van der Waals surface area contributed by atoms with Crippen molar-refractivity contribution in [3.05, 3.63) is 23.8 Å². The van der Waals surface area contributed by atoms with Crippen LogP contribution in [-0.4, -0.2) is 16.6 Å². The molecule has 112 valence electrons. The summed E-state index contributed by atoms with van der Waals surface area (Å²) in [5, 5.41) is 0. The van der Waals surface area contributed by atoms with Gasteiger partial charge >= 0.3 is 0 Å². The molecule has 0 bridgehead atoms. The van der Waals surface area contributed by atoms with Gasteiger partial charge in [-0.1, -0.05) is 66.2 Å². The van der Waals surface area contributed by atoms with E-state index in [1.165, 1.54) is 24.8 Å². The van der Waals surface area contributed by atoms with Crippen LogP contribution in [0.15, 0.2) is 23.8 Å². The second-order valence-corrected chi connectivity index (χ2v) is 6.81. The summed E-state index contributed by atoms with van der Waals surface area (Å²) in [6.07, 6.45) is 11.7. The SMILES string of the molecule is CCOC(C)(C)CCCC(C)C/C=C/C(C)=C/CI. The van der Waals surface area contributed by atoms with E-state index >= 15 is 0 Å². The average molecular weight is 378 g/mol. The molecule has 0 rings (SSSR count). The van der Waals surface area contributed by atoms with Crippen molar-refractivity contribution in [1.29, 1.82) is 0 Å². The highest BCUT2D eigenvalue weighted by atomic mass is 127. The van der Waals surface area contributed by atoms with Gasteiger partial charge in [0.05, 0.1) is 5.60 Å². The molecule has 1 unspecified atom stereocenters. The molecule has 1 nitrogen and oxygen atoms in total. The van der Waals surface area contributed by atoms with Crippen molar-refractivity contribution in [2.75, 3.05) is 11.0 Å². The summed E-state index contributed by atoms with van der Waals surface area (Å²) >= 11 is 2.38. The van der Waals surface area contributed by atoms with Gasteiger partial charge in [-0.2, -0.15) is 0 Å². The third-order valence-electron chi connectivity index (χ3n) is 3.33. The first-order valence-electron chi connectivity index (χ1n) is 7.44. The minimum absolute atomic E-state index is 0.0456. The van der Waals surface area contributed by atoms with Gasteiger partial charge < -0.3 is 4.74 Å². The van der Waals surface area contributed by atoms with Crippen molar-refractivity contribution in [2.45, 2.75) is 65.9 Å². The number of hydrogen-bond donors (Lipinski definition) is 0. The molecule has 2 heteroatoms. The van der Waals surface area contributed by atoms with E-state index in [1.54, 1.807) is 0 Å². The Bertz CT molecular complexity index is 279. The molecule has 0 spiro atoms. The Morgan fingerprint density at radius 1 is 1.37 bits per heavy atom. The second-order valence-electron chi connectivity index (χ2n) is 5.93. The maximum Gasteiger partial charge on any atom is 0.0626 e. The van der Waals surface area contributed by atoms with Gasteiger partial charge in [0.15, 0.2) is 0 Å². The van der Waals surface area contributed by atoms with Crippen LogP contribution >= 0.6 is 22.6 Å². The number of hydrogen-bond acceptors (Lipinski definition) is 1. The van der Waals surface area contributed by atoms with Crippen LogP contribution in [0.4, 0.5) is 0 Å². The molecule has 0 aromatic carbocycles. The standard InChI is InChI=1S/C17H31IO/c1-6-19-17(4,5)13-8-11-15(2)9-7-10-16(3)12-14-18/h7,10,12,15H,6,8-9,11,13-14H2,1-5H3/b10-7+,16-12+. The van der Waals surface area contributed by atoms with Crippen LogP contribution in [0.5, 0.6) is 0 Å². The fourth-order valence-corrected chi connectivity index (χ4v) is 2.83. The zero-order valence-electron chi connectivity index (χ0n) is 13.3. The molecule has 1 atom stereocenters. The monoisotopic (exact) mass is 378 g/mol. The lowest BCUT2D eigenvalue weighted by Gasteiger charge is -2.25. The third-order valence-corrected chi connectivity index (χ3v) is 3.77. The molecule has 0 saturated carbocycles. The summed E-state index contributed by atoms with van der Waals surface area (Å²) in [5.74, 6) is 0.765. The second kappa shape index (κ2) is 10.9. The van der Waals surface area contributed by atoms with Crippen molar-refractivity contribution >= 4 is 22.6 Å². The molecule has 0 heterocycles. The van der Waals surface area contributed by atoms with Crippen molar-refractivity contribution in [2.24, 2.45) is 5.92 Å². The van der Waals surface area contributed by atoms with Gasteiger partial charge in [0, 0.05) is 11.0 Å². The van der Waals surface area contributed by atoms with Gasteiger partial charge in [0.1, 0.15) is 0 Å². The summed E-state index contributed by atoms with van der Waals surface area (Å²) in [7, 11) is 0. The van der Waals surface area contributed by atoms with E-state index in [2.05, 4.69) is 75.4 Å². The molecular weight excluding hydrogens is 347 g/mol. The summed E-state index contributed by atoms with van der Waals surface area (Å²) in [6, 6.07) is 0. The number of halogens is 1. The van der Waals surface area contributed by atoms with Gasteiger partial charge in [-0.05, 0) is 46.5 Å². The zero-order valence-corrected chi connectivity index (χ0v) is 15.5.